The molecule has 0 atom stereocenters. The van der Waals surface area contributed by atoms with E-state index in [4.69, 9.17) is 18.9 Å². The minimum atomic E-state index is -0.639. The summed E-state index contributed by atoms with van der Waals surface area (Å²) in [6.45, 7) is 1.50. The fraction of sp³-hybridized carbons (Fsp3) is 0.280. The average molecular weight is 424 g/mol. The van der Waals surface area contributed by atoms with Crippen LogP contribution in [0.3, 0.4) is 0 Å². The second-order valence-corrected chi connectivity index (χ2v) is 6.39. The fourth-order valence-corrected chi connectivity index (χ4v) is 2.45. The molecule has 0 fully saturated rings. The van der Waals surface area contributed by atoms with Crippen molar-refractivity contribution in [2.75, 3.05) is 39.6 Å². The molecule has 0 aliphatic rings. The third-order valence-corrected chi connectivity index (χ3v) is 3.92. The van der Waals surface area contributed by atoms with Gasteiger partial charge in [0, 0.05) is 0 Å². The Morgan fingerprint density at radius 2 is 1.03 bits per heavy atom. The monoisotopic (exact) mass is 424 g/mol. The largest absolute Gasteiger partial charge is 0.463 e. The molecule has 2 aromatic rings. The maximum absolute atomic E-state index is 11.6. The summed E-state index contributed by atoms with van der Waals surface area (Å²) in [7, 11) is 0. The predicted molar refractivity (Wildman–Crippen MR) is 119 cm³/mol. The molecule has 0 saturated heterocycles. The SMILES string of the molecule is O=C(CC(=O)OCCOC/C=C/c1ccccc1)OCCOC/C=C/c1ccccc1. The number of ether oxygens (including phenoxy) is 4. The van der Waals surface area contributed by atoms with Crippen LogP contribution in [0.25, 0.3) is 12.2 Å². The Morgan fingerprint density at radius 1 is 0.613 bits per heavy atom. The Balaban J connectivity index is 1.42. The third-order valence-electron chi connectivity index (χ3n) is 3.92. The van der Waals surface area contributed by atoms with Crippen LogP contribution in [0, 0.1) is 0 Å². The van der Waals surface area contributed by atoms with Gasteiger partial charge >= 0.3 is 11.9 Å². The summed E-state index contributed by atoms with van der Waals surface area (Å²) >= 11 is 0. The lowest BCUT2D eigenvalue weighted by molar-refractivity contribution is -0.156. The zero-order valence-corrected chi connectivity index (χ0v) is 17.5. The van der Waals surface area contributed by atoms with Crippen molar-refractivity contribution in [1.82, 2.24) is 0 Å². The number of hydrogen-bond donors (Lipinski definition) is 0. The maximum Gasteiger partial charge on any atom is 0.317 e. The van der Waals surface area contributed by atoms with E-state index in [1.54, 1.807) is 0 Å². The van der Waals surface area contributed by atoms with Gasteiger partial charge in [-0.2, -0.15) is 0 Å². The molecular formula is C25H28O6. The first-order chi connectivity index (χ1) is 15.2. The third kappa shape index (κ3) is 12.2. The molecule has 0 unspecified atom stereocenters. The Kier molecular flexibility index (Phi) is 12.1. The van der Waals surface area contributed by atoms with E-state index in [1.165, 1.54) is 0 Å². The normalized spacial score (nSPS) is 11.1. The van der Waals surface area contributed by atoms with Crippen molar-refractivity contribution in [3.63, 3.8) is 0 Å². The fourth-order valence-electron chi connectivity index (χ4n) is 2.45. The Hall–Kier alpha value is -3.22. The van der Waals surface area contributed by atoms with Crippen molar-refractivity contribution in [1.29, 1.82) is 0 Å². The van der Waals surface area contributed by atoms with Crippen LogP contribution in [0.1, 0.15) is 17.5 Å². The van der Waals surface area contributed by atoms with Crippen LogP contribution in [0.2, 0.25) is 0 Å². The molecule has 0 bridgehead atoms. The van der Waals surface area contributed by atoms with E-state index in [0.717, 1.165) is 11.1 Å². The van der Waals surface area contributed by atoms with Crippen molar-refractivity contribution in [2.45, 2.75) is 6.42 Å². The van der Waals surface area contributed by atoms with Crippen LogP contribution in [0.4, 0.5) is 0 Å². The minimum absolute atomic E-state index is 0.0855. The standard InChI is InChI=1S/C25H28O6/c26-24(30-19-17-28-15-7-13-22-9-3-1-4-10-22)21-25(27)31-20-18-29-16-8-14-23-11-5-2-6-12-23/h1-14H,15-21H2/b13-7+,14-8+. The van der Waals surface area contributed by atoms with Crippen LogP contribution in [0.15, 0.2) is 72.8 Å². The number of benzene rings is 2. The summed E-state index contributed by atoms with van der Waals surface area (Å²) < 4.78 is 20.6. The van der Waals surface area contributed by atoms with Gasteiger partial charge in [-0.25, -0.2) is 0 Å². The zero-order chi connectivity index (χ0) is 22.0. The van der Waals surface area contributed by atoms with Crippen molar-refractivity contribution in [2.24, 2.45) is 0 Å². The van der Waals surface area contributed by atoms with Crippen molar-refractivity contribution in [3.05, 3.63) is 83.9 Å². The predicted octanol–water partition coefficient (Wildman–Crippen LogP) is 3.92. The van der Waals surface area contributed by atoms with Crippen LogP contribution in [-0.2, 0) is 28.5 Å². The quantitative estimate of drug-likeness (QED) is 0.260. The summed E-state index contributed by atoms with van der Waals surface area (Å²) in [6, 6.07) is 19.7. The molecule has 0 N–H and O–H groups in total. The van der Waals surface area contributed by atoms with Gasteiger partial charge < -0.3 is 18.9 Å². The maximum atomic E-state index is 11.6. The smallest absolute Gasteiger partial charge is 0.317 e. The molecule has 0 heterocycles. The van der Waals surface area contributed by atoms with E-state index < -0.39 is 18.4 Å². The van der Waals surface area contributed by atoms with Gasteiger partial charge in [0.15, 0.2) is 0 Å². The van der Waals surface area contributed by atoms with Gasteiger partial charge in [0.2, 0.25) is 0 Å². The highest BCUT2D eigenvalue weighted by molar-refractivity contribution is 5.91. The molecular weight excluding hydrogens is 396 g/mol. The van der Waals surface area contributed by atoms with Gasteiger partial charge in [-0.1, -0.05) is 85.0 Å². The molecule has 6 heteroatoms. The molecule has 2 rings (SSSR count). The zero-order valence-electron chi connectivity index (χ0n) is 17.5. The lowest BCUT2D eigenvalue weighted by Crippen LogP contribution is -2.18. The van der Waals surface area contributed by atoms with Gasteiger partial charge in [0.1, 0.15) is 19.6 Å². The number of esters is 2. The molecule has 31 heavy (non-hydrogen) atoms. The van der Waals surface area contributed by atoms with E-state index in [2.05, 4.69) is 0 Å². The summed E-state index contributed by atoms with van der Waals surface area (Å²) in [4.78, 5) is 23.2. The number of rotatable bonds is 14. The van der Waals surface area contributed by atoms with Crippen LogP contribution >= 0.6 is 0 Å². The highest BCUT2D eigenvalue weighted by atomic mass is 16.6. The van der Waals surface area contributed by atoms with Gasteiger partial charge in [0.25, 0.3) is 0 Å². The van der Waals surface area contributed by atoms with Crippen molar-refractivity contribution >= 4 is 24.1 Å². The summed E-state index contributed by atoms with van der Waals surface area (Å²) in [5.74, 6) is -1.28. The number of hydrogen-bond acceptors (Lipinski definition) is 6. The molecule has 164 valence electrons. The molecule has 0 spiro atoms. The number of carbonyl (C=O) groups is 2. The van der Waals surface area contributed by atoms with Crippen LogP contribution in [0.5, 0.6) is 0 Å². The van der Waals surface area contributed by atoms with Gasteiger partial charge in [-0.05, 0) is 11.1 Å². The second kappa shape index (κ2) is 15.6. The summed E-state index contributed by atoms with van der Waals surface area (Å²) in [6.07, 6.45) is 7.24. The van der Waals surface area contributed by atoms with Crippen LogP contribution in [-0.4, -0.2) is 51.6 Å². The highest BCUT2D eigenvalue weighted by Gasteiger charge is 2.11. The first kappa shape index (κ1) is 24.1. The Morgan fingerprint density at radius 3 is 1.45 bits per heavy atom. The molecule has 0 amide bonds. The molecule has 2 aromatic carbocycles. The lowest BCUT2D eigenvalue weighted by Gasteiger charge is -2.06. The average Bonchev–Trinajstić information content (AvgIpc) is 2.79. The Labute approximate surface area is 183 Å². The summed E-state index contributed by atoms with van der Waals surface area (Å²) in [5, 5.41) is 0. The highest BCUT2D eigenvalue weighted by Crippen LogP contribution is 2.01. The molecule has 0 aliphatic carbocycles. The Bertz CT molecular complexity index is 745. The first-order valence-corrected chi connectivity index (χ1v) is 10.1. The van der Waals surface area contributed by atoms with E-state index in [9.17, 15) is 9.59 Å². The van der Waals surface area contributed by atoms with Gasteiger partial charge in [-0.3, -0.25) is 9.59 Å². The molecule has 6 nitrogen and oxygen atoms in total. The van der Waals surface area contributed by atoms with E-state index >= 15 is 0 Å². The molecule has 0 aromatic heterocycles. The van der Waals surface area contributed by atoms with Gasteiger partial charge in [-0.15, -0.1) is 0 Å². The topological polar surface area (TPSA) is 71.1 Å². The van der Waals surface area contributed by atoms with E-state index in [0.29, 0.717) is 13.2 Å². The van der Waals surface area contributed by atoms with Crippen molar-refractivity contribution < 1.29 is 28.5 Å². The first-order valence-electron chi connectivity index (χ1n) is 10.1. The van der Waals surface area contributed by atoms with E-state index in [1.807, 2.05) is 85.0 Å². The molecule has 0 aliphatic heterocycles. The summed E-state index contributed by atoms with van der Waals surface area (Å²) in [5.41, 5.74) is 2.18. The molecule has 0 radical (unpaired) electrons. The van der Waals surface area contributed by atoms with Gasteiger partial charge in [0.05, 0.1) is 26.4 Å². The molecule has 0 saturated carbocycles. The van der Waals surface area contributed by atoms with E-state index in [-0.39, 0.29) is 26.4 Å². The van der Waals surface area contributed by atoms with Crippen molar-refractivity contribution in [3.8, 4) is 0 Å². The minimum Gasteiger partial charge on any atom is -0.463 e. The number of carbonyl (C=O) groups excluding carboxylic acids is 2. The second-order valence-electron chi connectivity index (χ2n) is 6.39. The lowest BCUT2D eigenvalue weighted by atomic mass is 10.2. The van der Waals surface area contributed by atoms with Crippen LogP contribution < -0.4 is 0 Å².